The van der Waals surface area contributed by atoms with Gasteiger partial charge >= 0.3 is 6.18 Å². The minimum atomic E-state index is -4.69. The zero-order chi connectivity index (χ0) is 22.9. The summed E-state index contributed by atoms with van der Waals surface area (Å²) in [5, 5.41) is 6.64. The van der Waals surface area contributed by atoms with Gasteiger partial charge in [0.05, 0.1) is 18.8 Å². The quantitative estimate of drug-likeness (QED) is 0.479. The van der Waals surface area contributed by atoms with Gasteiger partial charge in [0, 0.05) is 11.6 Å². The van der Waals surface area contributed by atoms with Gasteiger partial charge in [-0.15, -0.1) is 0 Å². The van der Waals surface area contributed by atoms with E-state index in [9.17, 15) is 18.0 Å². The third-order valence-electron chi connectivity index (χ3n) is 4.98. The first kappa shape index (κ1) is 21.4. The Bertz CT molecular complexity index is 1250. The van der Waals surface area contributed by atoms with Crippen LogP contribution in [0, 0.1) is 0 Å². The highest BCUT2D eigenvalue weighted by Crippen LogP contribution is 2.32. The second-order valence-corrected chi connectivity index (χ2v) is 7.16. The number of benzene rings is 2. The van der Waals surface area contributed by atoms with Crippen LogP contribution in [0.1, 0.15) is 34.7 Å². The topological polar surface area (TPSA) is 68.5 Å². The van der Waals surface area contributed by atoms with Gasteiger partial charge in [-0.1, -0.05) is 30.3 Å². The predicted octanol–water partition coefficient (Wildman–Crippen LogP) is 4.91. The molecule has 1 amide bonds. The lowest BCUT2D eigenvalue weighted by Gasteiger charge is -2.13. The van der Waals surface area contributed by atoms with Crippen molar-refractivity contribution in [1.29, 1.82) is 0 Å². The van der Waals surface area contributed by atoms with Gasteiger partial charge in [-0.25, -0.2) is 9.50 Å². The fourth-order valence-electron chi connectivity index (χ4n) is 3.29. The molecule has 0 aliphatic heterocycles. The Morgan fingerprint density at radius 3 is 2.38 bits per heavy atom. The first-order valence-electron chi connectivity index (χ1n) is 9.74. The Balaban J connectivity index is 1.72. The molecule has 0 aliphatic carbocycles. The molecule has 2 aromatic carbocycles. The maximum absolute atomic E-state index is 13.8. The first-order chi connectivity index (χ1) is 15.3. The van der Waals surface area contributed by atoms with Gasteiger partial charge in [0.15, 0.2) is 17.0 Å². The van der Waals surface area contributed by atoms with Gasteiger partial charge in [0.2, 0.25) is 0 Å². The third-order valence-corrected chi connectivity index (χ3v) is 4.98. The number of hydrogen-bond donors (Lipinski definition) is 1. The van der Waals surface area contributed by atoms with Crippen molar-refractivity contribution in [2.75, 3.05) is 7.11 Å². The molecule has 2 heterocycles. The highest BCUT2D eigenvalue weighted by Gasteiger charge is 2.35. The molecule has 6 nitrogen and oxygen atoms in total. The highest BCUT2D eigenvalue weighted by atomic mass is 19.4. The van der Waals surface area contributed by atoms with Crippen molar-refractivity contribution in [2.24, 2.45) is 0 Å². The van der Waals surface area contributed by atoms with Crippen molar-refractivity contribution in [1.82, 2.24) is 19.9 Å². The summed E-state index contributed by atoms with van der Waals surface area (Å²) in [5.74, 6) is -0.0207. The fourth-order valence-corrected chi connectivity index (χ4v) is 3.29. The van der Waals surface area contributed by atoms with Gasteiger partial charge in [0.25, 0.3) is 5.91 Å². The van der Waals surface area contributed by atoms with Crippen molar-refractivity contribution in [2.45, 2.75) is 19.1 Å². The molecule has 0 bridgehead atoms. The summed E-state index contributed by atoms with van der Waals surface area (Å²) in [4.78, 5) is 17.0. The van der Waals surface area contributed by atoms with E-state index in [0.29, 0.717) is 15.8 Å². The predicted molar refractivity (Wildman–Crippen MR) is 112 cm³/mol. The van der Waals surface area contributed by atoms with Gasteiger partial charge in [-0.05, 0) is 42.8 Å². The zero-order valence-corrected chi connectivity index (χ0v) is 17.2. The minimum absolute atomic E-state index is 0.0804. The van der Waals surface area contributed by atoms with Crippen LogP contribution in [0.5, 0.6) is 5.75 Å². The number of rotatable bonds is 5. The average Bonchev–Trinajstić information content (AvgIpc) is 3.22. The lowest BCUT2D eigenvalue weighted by atomic mass is 10.1. The lowest BCUT2D eigenvalue weighted by Crippen LogP contribution is -2.27. The molecule has 0 spiro atoms. The van der Waals surface area contributed by atoms with E-state index in [0.717, 1.165) is 11.6 Å². The Morgan fingerprint density at radius 1 is 1.06 bits per heavy atom. The van der Waals surface area contributed by atoms with Crippen LogP contribution in [0.25, 0.3) is 16.9 Å². The molecule has 9 heteroatoms. The number of fused-ring (bicyclic) bond motifs is 1. The SMILES string of the molecule is COc1ccc(-c2cc(C(F)(F)F)n3nc(C(=O)NC(C)c4ccccc4)cc3n2)cc1. The van der Waals surface area contributed by atoms with Crippen molar-refractivity contribution in [3.63, 3.8) is 0 Å². The van der Waals surface area contributed by atoms with Crippen LogP contribution in [-0.4, -0.2) is 27.6 Å². The highest BCUT2D eigenvalue weighted by molar-refractivity contribution is 5.93. The number of amides is 1. The van der Waals surface area contributed by atoms with Gasteiger partial charge in [0.1, 0.15) is 5.75 Å². The molecular weight excluding hydrogens is 421 g/mol. The maximum atomic E-state index is 13.8. The number of alkyl halides is 3. The second-order valence-electron chi connectivity index (χ2n) is 7.16. The Kier molecular flexibility index (Phi) is 5.56. The number of carbonyl (C=O) groups is 1. The molecule has 0 saturated heterocycles. The molecule has 4 aromatic rings. The summed E-state index contributed by atoms with van der Waals surface area (Å²) in [6.07, 6.45) is -4.69. The Hall–Kier alpha value is -3.88. The summed E-state index contributed by atoms with van der Waals surface area (Å²) in [5.41, 5.74) is 0.186. The lowest BCUT2D eigenvalue weighted by molar-refractivity contribution is -0.142. The Labute approximate surface area is 181 Å². The van der Waals surface area contributed by atoms with Crippen molar-refractivity contribution >= 4 is 11.6 Å². The minimum Gasteiger partial charge on any atom is -0.497 e. The average molecular weight is 440 g/mol. The number of hydrogen-bond acceptors (Lipinski definition) is 4. The van der Waals surface area contributed by atoms with E-state index >= 15 is 0 Å². The van der Waals surface area contributed by atoms with E-state index in [1.165, 1.54) is 13.2 Å². The van der Waals surface area contributed by atoms with Crippen molar-refractivity contribution < 1.29 is 22.7 Å². The number of methoxy groups -OCH3 is 1. The van der Waals surface area contributed by atoms with E-state index in [-0.39, 0.29) is 23.1 Å². The molecule has 2 aromatic heterocycles. The van der Waals surface area contributed by atoms with Crippen LogP contribution >= 0.6 is 0 Å². The molecule has 0 radical (unpaired) electrons. The van der Waals surface area contributed by atoms with Crippen LogP contribution in [0.4, 0.5) is 13.2 Å². The summed E-state index contributed by atoms with van der Waals surface area (Å²) in [7, 11) is 1.50. The molecule has 4 rings (SSSR count). The molecule has 164 valence electrons. The maximum Gasteiger partial charge on any atom is 0.433 e. The molecule has 0 fully saturated rings. The number of carbonyl (C=O) groups excluding carboxylic acids is 1. The normalized spacial score (nSPS) is 12.5. The summed E-state index contributed by atoms with van der Waals surface area (Å²) in [6, 6.07) is 17.5. The van der Waals surface area contributed by atoms with E-state index in [2.05, 4.69) is 15.4 Å². The number of aromatic nitrogens is 3. The number of nitrogens with one attached hydrogen (secondary N) is 1. The standard InChI is InChI=1S/C23H19F3N4O2/c1-14(15-6-4-3-5-7-15)27-22(31)19-13-21-28-18(16-8-10-17(32-2)11-9-16)12-20(23(24,25)26)30(21)29-19/h3-14H,1-2H3,(H,27,31). The number of halogens is 3. The fraction of sp³-hybridized carbons (Fsp3) is 0.174. The number of ether oxygens (including phenoxy) is 1. The van der Waals surface area contributed by atoms with E-state index in [4.69, 9.17) is 4.74 Å². The van der Waals surface area contributed by atoms with Gasteiger partial charge in [-0.2, -0.15) is 18.3 Å². The second kappa shape index (κ2) is 8.33. The molecule has 1 N–H and O–H groups in total. The van der Waals surface area contributed by atoms with E-state index in [1.807, 2.05) is 30.3 Å². The van der Waals surface area contributed by atoms with Crippen LogP contribution in [0.2, 0.25) is 0 Å². The van der Waals surface area contributed by atoms with Crippen molar-refractivity contribution in [3.8, 4) is 17.0 Å². The molecule has 1 unspecified atom stereocenters. The molecule has 0 aliphatic rings. The molecule has 1 atom stereocenters. The smallest absolute Gasteiger partial charge is 0.433 e. The van der Waals surface area contributed by atoms with Gasteiger partial charge < -0.3 is 10.1 Å². The van der Waals surface area contributed by atoms with Crippen molar-refractivity contribution in [3.05, 3.63) is 83.7 Å². The van der Waals surface area contributed by atoms with Gasteiger partial charge in [-0.3, -0.25) is 4.79 Å². The monoisotopic (exact) mass is 440 g/mol. The van der Waals surface area contributed by atoms with Crippen LogP contribution in [0.3, 0.4) is 0 Å². The zero-order valence-electron chi connectivity index (χ0n) is 17.2. The first-order valence-corrected chi connectivity index (χ1v) is 9.74. The summed E-state index contributed by atoms with van der Waals surface area (Å²) < 4.78 is 47.0. The van der Waals surface area contributed by atoms with E-state index < -0.39 is 17.8 Å². The Morgan fingerprint density at radius 2 is 1.75 bits per heavy atom. The molecule has 0 saturated carbocycles. The molecule has 32 heavy (non-hydrogen) atoms. The van der Waals surface area contributed by atoms with Crippen LogP contribution in [0.15, 0.2) is 66.7 Å². The summed E-state index contributed by atoms with van der Waals surface area (Å²) >= 11 is 0. The van der Waals surface area contributed by atoms with Crippen LogP contribution < -0.4 is 10.1 Å². The molecular formula is C23H19F3N4O2. The van der Waals surface area contributed by atoms with E-state index in [1.54, 1.807) is 31.2 Å². The third kappa shape index (κ3) is 4.27. The largest absolute Gasteiger partial charge is 0.497 e. The number of nitrogens with zero attached hydrogens (tertiary/aromatic N) is 3. The van der Waals surface area contributed by atoms with Crippen LogP contribution in [-0.2, 0) is 6.18 Å². The summed E-state index contributed by atoms with van der Waals surface area (Å²) in [6.45, 7) is 1.78.